The number of ketones is 2. The third kappa shape index (κ3) is 2.24. The molecule has 1 aromatic carbocycles. The van der Waals surface area contributed by atoms with Crippen LogP contribution in [0, 0.1) is 0 Å². The highest BCUT2D eigenvalue weighted by Gasteiger charge is 2.47. The van der Waals surface area contributed by atoms with Gasteiger partial charge < -0.3 is 25.2 Å². The Hall–Kier alpha value is -2.50. The minimum atomic E-state index is -1.65. The monoisotopic (exact) mass is 361 g/mol. The molecule has 0 bridgehead atoms. The van der Waals surface area contributed by atoms with E-state index >= 15 is 0 Å². The zero-order chi connectivity index (χ0) is 18.6. The van der Waals surface area contributed by atoms with Crippen molar-refractivity contribution in [2.45, 2.75) is 30.6 Å². The van der Waals surface area contributed by atoms with Crippen molar-refractivity contribution in [1.82, 2.24) is 15.0 Å². The molecule has 26 heavy (non-hydrogen) atoms. The second-order valence-electron chi connectivity index (χ2n) is 6.15. The number of aliphatic hydroxyl groups is 4. The Morgan fingerprint density at radius 1 is 1.00 bits per heavy atom. The third-order valence-corrected chi connectivity index (χ3v) is 4.65. The van der Waals surface area contributed by atoms with Crippen LogP contribution in [-0.2, 0) is 4.74 Å². The van der Waals surface area contributed by atoms with Crippen LogP contribution >= 0.6 is 0 Å². The Kier molecular flexibility index (Phi) is 3.93. The molecule has 0 spiro atoms. The molecule has 2 aromatic rings. The van der Waals surface area contributed by atoms with Crippen molar-refractivity contribution in [1.29, 1.82) is 0 Å². The Morgan fingerprint density at radius 3 is 2.31 bits per heavy atom. The Labute approximate surface area is 146 Å². The van der Waals surface area contributed by atoms with Gasteiger partial charge in [-0.25, -0.2) is 4.68 Å². The van der Waals surface area contributed by atoms with Gasteiger partial charge in [0.2, 0.25) is 11.6 Å². The number of rotatable bonds is 2. The first-order valence-corrected chi connectivity index (χ1v) is 7.89. The smallest absolute Gasteiger partial charge is 0.216 e. The minimum Gasteiger partial charge on any atom is -0.394 e. The normalized spacial score (nSPS) is 30.8. The molecule has 1 aromatic heterocycles. The molecular formula is C16H15N3O7. The van der Waals surface area contributed by atoms with E-state index < -0.39 is 48.8 Å². The molecule has 5 atom stereocenters. The van der Waals surface area contributed by atoms with E-state index in [9.17, 15) is 30.0 Å². The summed E-state index contributed by atoms with van der Waals surface area (Å²) in [5, 5.41) is 46.8. The average Bonchev–Trinajstić information content (AvgIpc) is 3.10. The predicted molar refractivity (Wildman–Crippen MR) is 82.3 cm³/mol. The first-order valence-electron chi connectivity index (χ1n) is 7.89. The summed E-state index contributed by atoms with van der Waals surface area (Å²) in [6, 6.07) is 6.22. The third-order valence-electron chi connectivity index (χ3n) is 4.65. The summed E-state index contributed by atoms with van der Waals surface area (Å²) in [4.78, 5) is 25.4. The van der Waals surface area contributed by atoms with Gasteiger partial charge in [0.25, 0.3) is 0 Å². The van der Waals surface area contributed by atoms with Gasteiger partial charge >= 0.3 is 0 Å². The van der Waals surface area contributed by atoms with Crippen molar-refractivity contribution in [2.24, 2.45) is 0 Å². The highest BCUT2D eigenvalue weighted by Crippen LogP contribution is 2.32. The van der Waals surface area contributed by atoms with Crippen LogP contribution in [0.25, 0.3) is 0 Å². The molecule has 0 amide bonds. The molecule has 4 N–H and O–H groups in total. The number of fused-ring (bicyclic) bond motifs is 2. The molecule has 136 valence electrons. The zero-order valence-corrected chi connectivity index (χ0v) is 13.3. The molecular weight excluding hydrogens is 346 g/mol. The first-order chi connectivity index (χ1) is 12.5. The minimum absolute atomic E-state index is 0.165. The van der Waals surface area contributed by atoms with Crippen LogP contribution in [0.2, 0.25) is 0 Å². The fourth-order valence-corrected chi connectivity index (χ4v) is 3.25. The molecule has 10 nitrogen and oxygen atoms in total. The molecule has 2 aliphatic rings. The van der Waals surface area contributed by atoms with Crippen molar-refractivity contribution in [3.05, 3.63) is 46.8 Å². The van der Waals surface area contributed by atoms with E-state index in [1.54, 1.807) is 12.1 Å². The van der Waals surface area contributed by atoms with Crippen molar-refractivity contribution in [2.75, 3.05) is 6.61 Å². The van der Waals surface area contributed by atoms with Crippen LogP contribution in [0.3, 0.4) is 0 Å². The van der Waals surface area contributed by atoms with Gasteiger partial charge in [0.15, 0.2) is 11.9 Å². The predicted octanol–water partition coefficient (Wildman–Crippen LogP) is -1.97. The fourth-order valence-electron chi connectivity index (χ4n) is 3.25. The van der Waals surface area contributed by atoms with Crippen molar-refractivity contribution >= 4 is 11.6 Å². The lowest BCUT2D eigenvalue weighted by Crippen LogP contribution is -2.57. The van der Waals surface area contributed by atoms with Crippen LogP contribution in [0.15, 0.2) is 24.3 Å². The molecule has 0 radical (unpaired) electrons. The number of nitrogens with zero attached hydrogens (tertiary/aromatic N) is 3. The molecule has 1 fully saturated rings. The average molecular weight is 361 g/mol. The summed E-state index contributed by atoms with van der Waals surface area (Å²) in [5.41, 5.74) is -0.00677. The van der Waals surface area contributed by atoms with E-state index in [1.165, 1.54) is 12.1 Å². The molecule has 1 aliphatic carbocycles. The number of hydrogen-bond donors (Lipinski definition) is 4. The number of ether oxygens (including phenoxy) is 1. The van der Waals surface area contributed by atoms with Gasteiger partial charge in [-0.3, -0.25) is 9.59 Å². The molecule has 2 heterocycles. The summed E-state index contributed by atoms with van der Waals surface area (Å²) in [5.74, 6) is -1.02. The maximum Gasteiger partial charge on any atom is 0.216 e. The lowest BCUT2D eigenvalue weighted by Gasteiger charge is -2.40. The SMILES string of the molecule is O=C1c2ccccc2C(=O)c2c1nnn2[C@H]1O[C@H](CO)[C@@H](O)[C@H](O)[C@@H]1O. The van der Waals surface area contributed by atoms with Crippen molar-refractivity contribution in [3.8, 4) is 0 Å². The maximum atomic E-state index is 12.8. The molecule has 0 unspecified atom stereocenters. The molecule has 1 aliphatic heterocycles. The number of carbonyl (C=O) groups excluding carboxylic acids is 2. The first kappa shape index (κ1) is 16.9. The summed E-state index contributed by atoms with van der Waals surface area (Å²) in [6.45, 7) is -0.631. The largest absolute Gasteiger partial charge is 0.394 e. The second-order valence-corrected chi connectivity index (χ2v) is 6.15. The van der Waals surface area contributed by atoms with E-state index in [4.69, 9.17) is 4.74 Å². The van der Waals surface area contributed by atoms with Gasteiger partial charge in [-0.1, -0.05) is 29.5 Å². The van der Waals surface area contributed by atoms with E-state index in [1.807, 2.05) is 0 Å². The van der Waals surface area contributed by atoms with Crippen LogP contribution in [0.1, 0.15) is 38.3 Å². The Morgan fingerprint density at radius 2 is 1.65 bits per heavy atom. The summed E-state index contributed by atoms with van der Waals surface area (Å²) >= 11 is 0. The topological polar surface area (TPSA) is 155 Å². The van der Waals surface area contributed by atoms with Crippen LogP contribution < -0.4 is 0 Å². The number of aliphatic hydroxyl groups excluding tert-OH is 4. The standard InChI is InChI=1S/C16H15N3O7/c20-5-8-13(23)14(24)15(25)16(26-8)19-10-9(17-18-19)11(21)6-3-1-2-4-7(6)12(10)22/h1-4,8,13-16,20,23-25H,5H2/t8-,13-,14+,15+,16+/m1/s1. The number of hydrogen-bond acceptors (Lipinski definition) is 9. The Bertz CT molecular complexity index is 894. The maximum absolute atomic E-state index is 12.8. The lowest BCUT2D eigenvalue weighted by atomic mass is 9.90. The Balaban J connectivity index is 1.80. The molecule has 4 rings (SSSR count). The molecule has 10 heteroatoms. The quantitative estimate of drug-likeness (QED) is 0.406. The summed E-state index contributed by atoms with van der Waals surface area (Å²) in [6.07, 6.45) is -7.45. The van der Waals surface area contributed by atoms with Gasteiger partial charge in [0.05, 0.1) is 6.61 Å². The number of carbonyl (C=O) groups is 2. The van der Waals surface area contributed by atoms with Gasteiger partial charge in [0, 0.05) is 11.1 Å². The van der Waals surface area contributed by atoms with Crippen molar-refractivity contribution in [3.63, 3.8) is 0 Å². The second kappa shape index (κ2) is 6.04. The van der Waals surface area contributed by atoms with Crippen LogP contribution in [0.4, 0.5) is 0 Å². The van der Waals surface area contributed by atoms with Crippen molar-refractivity contribution < 1.29 is 34.8 Å². The van der Waals surface area contributed by atoms with Gasteiger partial charge in [-0.15, -0.1) is 5.10 Å². The van der Waals surface area contributed by atoms with Gasteiger partial charge in [-0.2, -0.15) is 0 Å². The van der Waals surface area contributed by atoms with E-state index in [-0.39, 0.29) is 22.5 Å². The number of aromatic nitrogens is 3. The highest BCUT2D eigenvalue weighted by atomic mass is 16.6. The zero-order valence-electron chi connectivity index (χ0n) is 13.3. The van der Waals surface area contributed by atoms with E-state index in [0.717, 1.165) is 4.68 Å². The lowest BCUT2D eigenvalue weighted by molar-refractivity contribution is -0.254. The summed E-state index contributed by atoms with van der Waals surface area (Å²) in [7, 11) is 0. The van der Waals surface area contributed by atoms with Gasteiger partial charge in [0.1, 0.15) is 30.1 Å². The van der Waals surface area contributed by atoms with E-state index in [2.05, 4.69) is 10.3 Å². The van der Waals surface area contributed by atoms with Gasteiger partial charge in [-0.05, 0) is 0 Å². The van der Waals surface area contributed by atoms with Crippen LogP contribution in [0.5, 0.6) is 0 Å². The summed E-state index contributed by atoms with van der Waals surface area (Å²) < 4.78 is 6.31. The highest BCUT2D eigenvalue weighted by molar-refractivity contribution is 6.26. The van der Waals surface area contributed by atoms with E-state index in [0.29, 0.717) is 0 Å². The fraction of sp³-hybridized carbons (Fsp3) is 0.375. The molecule has 0 saturated carbocycles. The molecule has 1 saturated heterocycles. The van der Waals surface area contributed by atoms with Crippen LogP contribution in [-0.4, -0.2) is 78.0 Å². The number of benzene rings is 1.